The summed E-state index contributed by atoms with van der Waals surface area (Å²) in [4.78, 5) is 0. The van der Waals surface area contributed by atoms with Crippen molar-refractivity contribution < 1.29 is 0 Å². The molecule has 0 aliphatic rings. The maximum atomic E-state index is 7.02. The van der Waals surface area contributed by atoms with Gasteiger partial charge in [0.15, 0.2) is 5.17 Å². The zero-order chi connectivity index (χ0) is 9.52. The van der Waals surface area contributed by atoms with Gasteiger partial charge in [-0.1, -0.05) is 42.1 Å². The summed E-state index contributed by atoms with van der Waals surface area (Å²) < 4.78 is 0. The van der Waals surface area contributed by atoms with Gasteiger partial charge in [0, 0.05) is 5.75 Å². The third-order valence-corrected chi connectivity index (χ3v) is 2.51. The van der Waals surface area contributed by atoms with Crippen molar-refractivity contribution in [2.75, 3.05) is 5.75 Å². The molecule has 0 spiro atoms. The zero-order valence-electron chi connectivity index (χ0n) is 7.90. The van der Waals surface area contributed by atoms with Crippen LogP contribution in [-0.2, 0) is 6.42 Å². The normalized spacial score (nSPS) is 9.14. The monoisotopic (exact) mass is 274 g/mol. The summed E-state index contributed by atoms with van der Waals surface area (Å²) in [6.07, 6.45) is 2.15. The van der Waals surface area contributed by atoms with Crippen LogP contribution < -0.4 is 5.73 Å². The number of hydrogen-bond donors (Lipinski definition) is 2. The molecule has 0 amide bonds. The molecular weight excluding hydrogens is 260 g/mol. The number of rotatable bonds is 4. The van der Waals surface area contributed by atoms with E-state index < -0.39 is 0 Å². The molecule has 0 aromatic heterocycles. The Morgan fingerprint density at radius 1 is 1.29 bits per heavy atom. The first-order chi connectivity index (χ1) is 6.29. The van der Waals surface area contributed by atoms with Crippen LogP contribution in [0.2, 0.25) is 0 Å². The Kier molecular flexibility index (Phi) is 7.61. The Bertz CT molecular complexity index is 264. The molecule has 0 aliphatic carbocycles. The fourth-order valence-electron chi connectivity index (χ4n) is 1.10. The predicted octanol–water partition coefficient (Wildman–Crippen LogP) is 2.82. The molecule has 0 heterocycles. The van der Waals surface area contributed by atoms with E-state index in [9.17, 15) is 0 Å². The minimum atomic E-state index is 0. The van der Waals surface area contributed by atoms with Gasteiger partial charge in [0.1, 0.15) is 0 Å². The summed E-state index contributed by atoms with van der Waals surface area (Å²) >= 11 is 1.41. The van der Waals surface area contributed by atoms with Crippen molar-refractivity contribution >= 4 is 33.9 Å². The fourth-order valence-corrected chi connectivity index (χ4v) is 1.61. The minimum Gasteiger partial charge on any atom is -0.379 e. The van der Waals surface area contributed by atoms with Crippen LogP contribution >= 0.6 is 28.7 Å². The lowest BCUT2D eigenvalue weighted by Gasteiger charge is -1.99. The molecule has 0 saturated heterocycles. The van der Waals surface area contributed by atoms with Crippen LogP contribution in [0.4, 0.5) is 0 Å². The highest BCUT2D eigenvalue weighted by Crippen LogP contribution is 2.06. The summed E-state index contributed by atoms with van der Waals surface area (Å²) in [5.74, 6) is 0.935. The van der Waals surface area contributed by atoms with Gasteiger partial charge in [0.05, 0.1) is 0 Å². The molecule has 1 aromatic carbocycles. The van der Waals surface area contributed by atoms with Gasteiger partial charge in [0.2, 0.25) is 0 Å². The van der Waals surface area contributed by atoms with E-state index in [0.717, 1.165) is 18.6 Å². The molecule has 0 fully saturated rings. The van der Waals surface area contributed by atoms with Crippen molar-refractivity contribution in [1.82, 2.24) is 0 Å². The second-order valence-electron chi connectivity index (χ2n) is 2.80. The second-order valence-corrected chi connectivity index (χ2v) is 3.94. The van der Waals surface area contributed by atoms with E-state index in [1.165, 1.54) is 17.3 Å². The van der Waals surface area contributed by atoms with Crippen molar-refractivity contribution in [2.24, 2.45) is 5.73 Å². The summed E-state index contributed by atoms with van der Waals surface area (Å²) in [7, 11) is 0. The SMILES string of the molecule is Br.N=C(N)SCCCc1ccccc1. The van der Waals surface area contributed by atoms with E-state index in [1.807, 2.05) is 18.2 Å². The lowest BCUT2D eigenvalue weighted by atomic mass is 10.1. The van der Waals surface area contributed by atoms with Crippen molar-refractivity contribution in [3.8, 4) is 0 Å². The van der Waals surface area contributed by atoms with Gasteiger partial charge in [-0.25, -0.2) is 0 Å². The van der Waals surface area contributed by atoms with Crippen LogP contribution in [0.3, 0.4) is 0 Å². The second kappa shape index (κ2) is 7.88. The zero-order valence-corrected chi connectivity index (χ0v) is 10.4. The van der Waals surface area contributed by atoms with Gasteiger partial charge in [-0.2, -0.15) is 0 Å². The van der Waals surface area contributed by atoms with Crippen molar-refractivity contribution in [2.45, 2.75) is 12.8 Å². The molecule has 0 radical (unpaired) electrons. The Morgan fingerprint density at radius 2 is 1.93 bits per heavy atom. The average Bonchev–Trinajstić information content (AvgIpc) is 2.14. The number of amidine groups is 1. The molecule has 1 aromatic rings. The molecule has 2 nitrogen and oxygen atoms in total. The van der Waals surface area contributed by atoms with Crippen LogP contribution in [0, 0.1) is 5.41 Å². The molecule has 14 heavy (non-hydrogen) atoms. The highest BCUT2D eigenvalue weighted by atomic mass is 79.9. The van der Waals surface area contributed by atoms with E-state index >= 15 is 0 Å². The number of aryl methyl sites for hydroxylation is 1. The molecule has 3 N–H and O–H groups in total. The van der Waals surface area contributed by atoms with Gasteiger partial charge in [-0.05, 0) is 18.4 Å². The van der Waals surface area contributed by atoms with E-state index in [2.05, 4.69) is 12.1 Å². The van der Waals surface area contributed by atoms with E-state index in [4.69, 9.17) is 11.1 Å². The quantitative estimate of drug-likeness (QED) is 0.504. The maximum absolute atomic E-state index is 7.02. The Morgan fingerprint density at radius 3 is 2.50 bits per heavy atom. The van der Waals surface area contributed by atoms with Crippen molar-refractivity contribution in [3.63, 3.8) is 0 Å². The van der Waals surface area contributed by atoms with Crippen LogP contribution in [0.1, 0.15) is 12.0 Å². The standard InChI is InChI=1S/C10H14N2S.BrH/c11-10(12)13-8-4-7-9-5-2-1-3-6-9;/h1-3,5-6H,4,7-8H2,(H3,11,12);1H. The third kappa shape index (κ3) is 6.05. The highest BCUT2D eigenvalue weighted by Gasteiger charge is 1.93. The van der Waals surface area contributed by atoms with Crippen LogP contribution in [0.25, 0.3) is 0 Å². The number of benzene rings is 1. The number of hydrogen-bond acceptors (Lipinski definition) is 2. The Hall–Kier alpha value is -0.480. The summed E-state index contributed by atoms with van der Waals surface area (Å²) in [5, 5.41) is 7.23. The summed E-state index contributed by atoms with van der Waals surface area (Å²) in [6, 6.07) is 10.4. The van der Waals surface area contributed by atoms with Crippen molar-refractivity contribution in [3.05, 3.63) is 35.9 Å². The van der Waals surface area contributed by atoms with Crippen LogP contribution in [-0.4, -0.2) is 10.9 Å². The average molecular weight is 275 g/mol. The van der Waals surface area contributed by atoms with E-state index in [0.29, 0.717) is 0 Å². The number of halogens is 1. The third-order valence-electron chi connectivity index (χ3n) is 1.71. The molecule has 0 bridgehead atoms. The Balaban J connectivity index is 0.00000169. The largest absolute Gasteiger partial charge is 0.379 e. The van der Waals surface area contributed by atoms with Crippen LogP contribution in [0.15, 0.2) is 30.3 Å². The predicted molar refractivity (Wildman–Crippen MR) is 69.5 cm³/mol. The van der Waals surface area contributed by atoms with Gasteiger partial charge in [-0.15, -0.1) is 17.0 Å². The fraction of sp³-hybridized carbons (Fsp3) is 0.300. The topological polar surface area (TPSA) is 49.9 Å². The summed E-state index contributed by atoms with van der Waals surface area (Å²) in [5.41, 5.74) is 6.57. The van der Waals surface area contributed by atoms with Gasteiger partial charge in [0.25, 0.3) is 0 Å². The number of thioether (sulfide) groups is 1. The minimum absolute atomic E-state index is 0. The summed E-state index contributed by atoms with van der Waals surface area (Å²) in [6.45, 7) is 0. The lowest BCUT2D eigenvalue weighted by Crippen LogP contribution is -2.04. The molecule has 4 heteroatoms. The van der Waals surface area contributed by atoms with E-state index in [-0.39, 0.29) is 22.1 Å². The molecular formula is C10H15BrN2S. The Labute approximate surface area is 99.6 Å². The lowest BCUT2D eigenvalue weighted by molar-refractivity contribution is 0.935. The molecule has 78 valence electrons. The van der Waals surface area contributed by atoms with Crippen LogP contribution in [0.5, 0.6) is 0 Å². The smallest absolute Gasteiger partial charge is 0.151 e. The van der Waals surface area contributed by atoms with Crippen molar-refractivity contribution in [1.29, 1.82) is 5.41 Å². The first-order valence-electron chi connectivity index (χ1n) is 4.30. The molecule has 0 unspecified atom stereocenters. The maximum Gasteiger partial charge on any atom is 0.151 e. The number of nitrogens with one attached hydrogen (secondary N) is 1. The van der Waals surface area contributed by atoms with Gasteiger partial charge >= 0.3 is 0 Å². The highest BCUT2D eigenvalue weighted by molar-refractivity contribution is 8.93. The van der Waals surface area contributed by atoms with Gasteiger partial charge < -0.3 is 5.73 Å². The van der Waals surface area contributed by atoms with Gasteiger partial charge in [-0.3, -0.25) is 5.41 Å². The molecule has 0 saturated carbocycles. The first kappa shape index (κ1) is 13.5. The molecule has 1 rings (SSSR count). The first-order valence-corrected chi connectivity index (χ1v) is 5.28. The number of nitrogens with two attached hydrogens (primary N) is 1. The molecule has 0 aliphatic heterocycles. The van der Waals surface area contributed by atoms with E-state index in [1.54, 1.807) is 0 Å². The molecule has 0 atom stereocenters.